The first kappa shape index (κ1) is 30.5. The molecule has 2 amide bonds. The van der Waals surface area contributed by atoms with Gasteiger partial charge >= 0.3 is 5.97 Å². The lowest BCUT2D eigenvalue weighted by Crippen LogP contribution is -2.31. The lowest BCUT2D eigenvalue weighted by molar-refractivity contribution is 0.0251. The Balaban J connectivity index is 1.53. The van der Waals surface area contributed by atoms with Crippen LogP contribution in [-0.4, -0.2) is 43.8 Å². The second-order valence-electron chi connectivity index (χ2n) is 9.34. The summed E-state index contributed by atoms with van der Waals surface area (Å²) in [6.45, 7) is 4.50. The summed E-state index contributed by atoms with van der Waals surface area (Å²) in [7, 11) is -4.21. The number of hydrogen-bond acceptors (Lipinski definition) is 7. The standard InChI is InChI=1S/C30H35N3O6S/c1-3-9-25(10-4-2)39-30(36)27-19-16-24(21-32-27)29(35)33-40(37,38)26-17-14-23(15-18-26)28(34)31-20-8-13-22-11-6-5-7-12-22/h5-7,11-12,14-19,21,25H,3-4,8-10,13,20H2,1-2H3,(H,31,34)(H,33,35). The first-order valence-electron chi connectivity index (χ1n) is 13.4. The minimum atomic E-state index is -4.21. The van der Waals surface area contributed by atoms with Crippen LogP contribution in [0.2, 0.25) is 0 Å². The zero-order valence-electron chi connectivity index (χ0n) is 22.8. The van der Waals surface area contributed by atoms with Gasteiger partial charge in [0.25, 0.3) is 21.8 Å². The molecule has 1 heterocycles. The first-order valence-corrected chi connectivity index (χ1v) is 14.9. The fraction of sp³-hybridized carbons (Fsp3) is 0.333. The Bertz CT molecular complexity index is 1370. The van der Waals surface area contributed by atoms with E-state index in [-0.39, 0.29) is 28.2 Å². The van der Waals surface area contributed by atoms with E-state index in [1.807, 2.05) is 48.9 Å². The van der Waals surface area contributed by atoms with Crippen molar-refractivity contribution in [3.8, 4) is 0 Å². The third kappa shape index (κ3) is 9.01. The highest BCUT2D eigenvalue weighted by molar-refractivity contribution is 7.90. The van der Waals surface area contributed by atoms with Crippen molar-refractivity contribution in [2.45, 2.75) is 63.4 Å². The van der Waals surface area contributed by atoms with Gasteiger partial charge in [0.1, 0.15) is 11.8 Å². The summed E-state index contributed by atoms with van der Waals surface area (Å²) in [6.07, 6.45) is 5.78. The third-order valence-electron chi connectivity index (χ3n) is 6.15. The molecule has 0 atom stereocenters. The summed E-state index contributed by atoms with van der Waals surface area (Å²) in [4.78, 5) is 41.2. The minimum absolute atomic E-state index is 0.0329. The van der Waals surface area contributed by atoms with Crippen molar-refractivity contribution in [3.05, 3.63) is 95.3 Å². The van der Waals surface area contributed by atoms with E-state index in [2.05, 4.69) is 10.3 Å². The number of rotatable bonds is 14. The van der Waals surface area contributed by atoms with Gasteiger partial charge in [0, 0.05) is 18.3 Å². The molecule has 9 nitrogen and oxygen atoms in total. The van der Waals surface area contributed by atoms with Crippen LogP contribution in [0.5, 0.6) is 0 Å². The van der Waals surface area contributed by atoms with Crippen LogP contribution in [0.15, 0.2) is 77.8 Å². The van der Waals surface area contributed by atoms with Gasteiger partial charge in [-0.25, -0.2) is 22.9 Å². The number of hydrogen-bond donors (Lipinski definition) is 2. The molecule has 0 fully saturated rings. The molecule has 212 valence electrons. The molecular formula is C30H35N3O6S. The topological polar surface area (TPSA) is 132 Å². The molecule has 0 unspecified atom stereocenters. The number of aromatic nitrogens is 1. The highest BCUT2D eigenvalue weighted by Gasteiger charge is 2.21. The third-order valence-corrected chi connectivity index (χ3v) is 7.50. The van der Waals surface area contributed by atoms with E-state index in [1.54, 1.807) is 0 Å². The van der Waals surface area contributed by atoms with Crippen LogP contribution >= 0.6 is 0 Å². The molecule has 1 aromatic heterocycles. The van der Waals surface area contributed by atoms with Crippen LogP contribution in [0, 0.1) is 0 Å². The van der Waals surface area contributed by atoms with Gasteiger partial charge < -0.3 is 10.1 Å². The molecule has 0 bridgehead atoms. The van der Waals surface area contributed by atoms with E-state index >= 15 is 0 Å². The van der Waals surface area contributed by atoms with E-state index in [0.717, 1.165) is 44.7 Å². The van der Waals surface area contributed by atoms with Crippen LogP contribution in [0.3, 0.4) is 0 Å². The Morgan fingerprint density at radius 3 is 2.10 bits per heavy atom. The molecule has 3 aromatic rings. The summed E-state index contributed by atoms with van der Waals surface area (Å²) in [6, 6.07) is 17.9. The summed E-state index contributed by atoms with van der Waals surface area (Å²) in [5.41, 5.74) is 1.48. The van der Waals surface area contributed by atoms with Gasteiger partial charge in [-0.3, -0.25) is 9.59 Å². The predicted octanol–water partition coefficient (Wildman–Crippen LogP) is 4.69. The van der Waals surface area contributed by atoms with Crippen LogP contribution < -0.4 is 10.0 Å². The quantitative estimate of drug-likeness (QED) is 0.214. The van der Waals surface area contributed by atoms with Crippen molar-refractivity contribution in [1.29, 1.82) is 0 Å². The predicted molar refractivity (Wildman–Crippen MR) is 151 cm³/mol. The molecule has 0 saturated heterocycles. The Hall–Kier alpha value is -4.05. The lowest BCUT2D eigenvalue weighted by Gasteiger charge is -2.16. The second kappa shape index (κ2) is 14.9. The SMILES string of the molecule is CCCC(CCC)OC(=O)c1ccc(C(=O)NS(=O)(=O)c2ccc(C(=O)NCCCc3ccccc3)cc2)cn1. The molecule has 0 spiro atoms. The van der Waals surface area contributed by atoms with Gasteiger partial charge in [-0.1, -0.05) is 57.0 Å². The van der Waals surface area contributed by atoms with Gasteiger partial charge in [-0.05, 0) is 67.6 Å². The Kier molecular flexibility index (Phi) is 11.4. The van der Waals surface area contributed by atoms with E-state index in [1.165, 1.54) is 42.0 Å². The Morgan fingerprint density at radius 2 is 1.50 bits per heavy atom. The molecule has 3 rings (SSSR count). The molecule has 0 radical (unpaired) electrons. The molecule has 40 heavy (non-hydrogen) atoms. The summed E-state index contributed by atoms with van der Waals surface area (Å²) in [5, 5.41) is 2.82. The lowest BCUT2D eigenvalue weighted by atomic mass is 10.1. The van der Waals surface area contributed by atoms with E-state index in [0.29, 0.717) is 12.1 Å². The Labute approximate surface area is 235 Å². The molecule has 0 aliphatic rings. The fourth-order valence-corrected chi connectivity index (χ4v) is 5.01. The van der Waals surface area contributed by atoms with Gasteiger partial charge in [0.15, 0.2) is 0 Å². The first-order chi connectivity index (χ1) is 19.2. The minimum Gasteiger partial charge on any atom is -0.458 e. The number of ether oxygens (including phenoxy) is 1. The number of aryl methyl sites for hydroxylation is 1. The molecule has 2 N–H and O–H groups in total. The number of carbonyl (C=O) groups excluding carboxylic acids is 3. The number of nitrogens with one attached hydrogen (secondary N) is 2. The molecule has 0 aliphatic heterocycles. The fourth-order valence-electron chi connectivity index (χ4n) is 4.03. The normalized spacial score (nSPS) is 11.2. The number of nitrogens with zero attached hydrogens (tertiary/aromatic N) is 1. The highest BCUT2D eigenvalue weighted by atomic mass is 32.2. The van der Waals surface area contributed by atoms with Crippen molar-refractivity contribution in [3.63, 3.8) is 0 Å². The summed E-state index contributed by atoms with van der Waals surface area (Å²) < 4.78 is 33.0. The molecule has 2 aromatic carbocycles. The number of esters is 1. The van der Waals surface area contributed by atoms with Crippen molar-refractivity contribution in [1.82, 2.24) is 15.0 Å². The number of amides is 2. The summed E-state index contributed by atoms with van der Waals surface area (Å²) in [5.74, 6) is -1.81. The second-order valence-corrected chi connectivity index (χ2v) is 11.0. The zero-order valence-corrected chi connectivity index (χ0v) is 23.6. The van der Waals surface area contributed by atoms with Crippen molar-refractivity contribution in [2.75, 3.05) is 6.54 Å². The van der Waals surface area contributed by atoms with Gasteiger partial charge in [-0.15, -0.1) is 0 Å². The van der Waals surface area contributed by atoms with Gasteiger partial charge in [-0.2, -0.15) is 0 Å². The number of carbonyl (C=O) groups is 3. The highest BCUT2D eigenvalue weighted by Crippen LogP contribution is 2.14. The molecule has 0 aliphatic carbocycles. The average Bonchev–Trinajstić information content (AvgIpc) is 2.96. The van der Waals surface area contributed by atoms with Gasteiger partial charge in [0.2, 0.25) is 0 Å². The van der Waals surface area contributed by atoms with Crippen molar-refractivity contribution < 1.29 is 27.5 Å². The maximum absolute atomic E-state index is 12.7. The largest absolute Gasteiger partial charge is 0.458 e. The molecular weight excluding hydrogens is 530 g/mol. The molecule has 0 saturated carbocycles. The van der Waals surface area contributed by atoms with Crippen molar-refractivity contribution in [2.24, 2.45) is 0 Å². The van der Waals surface area contributed by atoms with Crippen LogP contribution in [0.1, 0.15) is 82.7 Å². The van der Waals surface area contributed by atoms with Crippen LogP contribution in [-0.2, 0) is 21.2 Å². The average molecular weight is 566 g/mol. The van der Waals surface area contributed by atoms with Crippen LogP contribution in [0.25, 0.3) is 0 Å². The number of pyridine rings is 1. The van der Waals surface area contributed by atoms with Crippen molar-refractivity contribution >= 4 is 27.8 Å². The Morgan fingerprint density at radius 1 is 0.850 bits per heavy atom. The molecule has 10 heteroatoms. The monoisotopic (exact) mass is 565 g/mol. The van der Waals surface area contributed by atoms with Crippen LogP contribution in [0.4, 0.5) is 0 Å². The number of sulfonamides is 1. The maximum atomic E-state index is 12.7. The van der Waals surface area contributed by atoms with Gasteiger partial charge in [0.05, 0.1) is 10.5 Å². The van der Waals surface area contributed by atoms with E-state index in [9.17, 15) is 22.8 Å². The number of benzene rings is 2. The van der Waals surface area contributed by atoms with E-state index < -0.39 is 21.9 Å². The zero-order chi connectivity index (χ0) is 29.0. The van der Waals surface area contributed by atoms with E-state index in [4.69, 9.17) is 4.74 Å². The maximum Gasteiger partial charge on any atom is 0.357 e. The summed E-state index contributed by atoms with van der Waals surface area (Å²) >= 11 is 0. The smallest absolute Gasteiger partial charge is 0.357 e.